The van der Waals surface area contributed by atoms with Crippen molar-refractivity contribution in [1.82, 2.24) is 0 Å². The number of halogens is 1. The lowest BCUT2D eigenvalue weighted by Gasteiger charge is -2.37. The number of hydrogen-bond donors (Lipinski definition) is 1. The van der Waals surface area contributed by atoms with Crippen LogP contribution in [0.25, 0.3) is 10.4 Å². The van der Waals surface area contributed by atoms with Crippen molar-refractivity contribution in [3.8, 4) is 0 Å². The number of azide groups is 1. The van der Waals surface area contributed by atoms with E-state index in [1.165, 1.54) is 0 Å². The maximum absolute atomic E-state index is 10.1. The molecule has 1 aliphatic rings. The zero-order valence-electron chi connectivity index (χ0n) is 9.08. The van der Waals surface area contributed by atoms with E-state index >= 15 is 0 Å². The fourth-order valence-electron chi connectivity index (χ4n) is 2.08. The van der Waals surface area contributed by atoms with E-state index in [1.54, 1.807) is 0 Å². The van der Waals surface area contributed by atoms with Gasteiger partial charge in [-0.05, 0) is 29.6 Å². The van der Waals surface area contributed by atoms with Crippen LogP contribution in [0.4, 0.5) is 0 Å². The molecule has 1 N–H and O–H groups in total. The molecule has 2 rings (SSSR count). The van der Waals surface area contributed by atoms with Crippen molar-refractivity contribution in [1.29, 1.82) is 0 Å². The Kier molecular flexibility index (Phi) is 3.69. The SMILES string of the molecule is [N-]=[N+]=NC1(c2cccc(Br)c2)CCOC[C@@H]1O. The maximum Gasteiger partial charge on any atom is 0.104 e. The summed E-state index contributed by atoms with van der Waals surface area (Å²) in [5.74, 6) is 0. The second kappa shape index (κ2) is 5.06. The number of rotatable bonds is 2. The first-order valence-electron chi connectivity index (χ1n) is 5.27. The summed E-state index contributed by atoms with van der Waals surface area (Å²) in [4.78, 5) is 2.88. The summed E-state index contributed by atoms with van der Waals surface area (Å²) in [6, 6.07) is 7.46. The highest BCUT2D eigenvalue weighted by molar-refractivity contribution is 9.10. The molecular weight excluding hydrogens is 286 g/mol. The molecule has 90 valence electrons. The fourth-order valence-corrected chi connectivity index (χ4v) is 2.48. The average Bonchev–Trinajstić information content (AvgIpc) is 2.32. The highest BCUT2D eigenvalue weighted by atomic mass is 79.9. The lowest BCUT2D eigenvalue weighted by Crippen LogP contribution is -2.45. The predicted molar refractivity (Wildman–Crippen MR) is 66.4 cm³/mol. The van der Waals surface area contributed by atoms with E-state index in [-0.39, 0.29) is 6.61 Å². The Morgan fingerprint density at radius 2 is 2.41 bits per heavy atom. The van der Waals surface area contributed by atoms with Crippen LogP contribution in [0, 0.1) is 0 Å². The first-order chi connectivity index (χ1) is 8.19. The van der Waals surface area contributed by atoms with Gasteiger partial charge in [-0.2, -0.15) is 0 Å². The summed E-state index contributed by atoms with van der Waals surface area (Å²) in [6.07, 6.45) is -0.337. The van der Waals surface area contributed by atoms with Gasteiger partial charge in [0, 0.05) is 16.0 Å². The third kappa shape index (κ3) is 2.30. The molecule has 6 heteroatoms. The third-order valence-electron chi connectivity index (χ3n) is 3.00. The molecule has 17 heavy (non-hydrogen) atoms. The number of nitrogens with zero attached hydrogens (tertiary/aromatic N) is 3. The van der Waals surface area contributed by atoms with Gasteiger partial charge in [0.1, 0.15) is 5.54 Å². The molecule has 0 saturated carbocycles. The van der Waals surface area contributed by atoms with Crippen LogP contribution in [0.3, 0.4) is 0 Å². The summed E-state index contributed by atoms with van der Waals surface area (Å²) < 4.78 is 6.08. The highest BCUT2D eigenvalue weighted by Crippen LogP contribution is 2.37. The molecule has 0 radical (unpaired) electrons. The summed E-state index contributed by atoms with van der Waals surface area (Å²) in [5, 5.41) is 13.9. The van der Waals surface area contributed by atoms with Crippen molar-refractivity contribution in [2.45, 2.75) is 18.1 Å². The lowest BCUT2D eigenvalue weighted by molar-refractivity contribution is -0.0592. The van der Waals surface area contributed by atoms with Crippen molar-refractivity contribution in [3.05, 3.63) is 44.7 Å². The van der Waals surface area contributed by atoms with Crippen LogP contribution < -0.4 is 0 Å². The average molecular weight is 298 g/mol. The Bertz CT molecular complexity index is 462. The van der Waals surface area contributed by atoms with Gasteiger partial charge in [0.25, 0.3) is 0 Å². The van der Waals surface area contributed by atoms with Crippen LogP contribution in [-0.4, -0.2) is 24.4 Å². The molecule has 2 atom stereocenters. The third-order valence-corrected chi connectivity index (χ3v) is 3.50. The van der Waals surface area contributed by atoms with E-state index in [0.717, 1.165) is 10.0 Å². The van der Waals surface area contributed by atoms with E-state index in [0.29, 0.717) is 13.0 Å². The molecule has 0 aromatic heterocycles. The Balaban J connectivity index is 2.50. The predicted octanol–water partition coefficient (Wildman–Crippen LogP) is 2.74. The lowest BCUT2D eigenvalue weighted by atomic mass is 9.81. The van der Waals surface area contributed by atoms with E-state index in [1.807, 2.05) is 24.3 Å². The van der Waals surface area contributed by atoms with Gasteiger partial charge in [-0.15, -0.1) is 0 Å². The monoisotopic (exact) mass is 297 g/mol. The Morgan fingerprint density at radius 1 is 1.59 bits per heavy atom. The molecule has 1 aliphatic heterocycles. The quantitative estimate of drug-likeness (QED) is 0.517. The minimum atomic E-state index is -0.920. The minimum absolute atomic E-state index is 0.186. The van der Waals surface area contributed by atoms with Gasteiger partial charge in [0.05, 0.1) is 12.7 Å². The Morgan fingerprint density at radius 3 is 3.06 bits per heavy atom. The first-order valence-corrected chi connectivity index (χ1v) is 6.06. The van der Waals surface area contributed by atoms with E-state index in [4.69, 9.17) is 10.3 Å². The normalized spacial score (nSPS) is 28.5. The fraction of sp³-hybridized carbons (Fsp3) is 0.455. The van der Waals surface area contributed by atoms with Gasteiger partial charge < -0.3 is 9.84 Å². The first kappa shape index (κ1) is 12.4. The molecule has 0 bridgehead atoms. The van der Waals surface area contributed by atoms with Crippen molar-refractivity contribution in [2.75, 3.05) is 13.2 Å². The molecule has 1 unspecified atom stereocenters. The van der Waals surface area contributed by atoms with Crippen LogP contribution >= 0.6 is 15.9 Å². The van der Waals surface area contributed by atoms with Crippen molar-refractivity contribution >= 4 is 15.9 Å². The molecule has 0 amide bonds. The van der Waals surface area contributed by atoms with Crippen molar-refractivity contribution in [3.63, 3.8) is 0 Å². The summed E-state index contributed by atoms with van der Waals surface area (Å²) >= 11 is 3.38. The number of aliphatic hydroxyl groups excluding tert-OH is 1. The molecule has 1 heterocycles. The molecule has 1 saturated heterocycles. The summed E-state index contributed by atoms with van der Waals surface area (Å²) in [5.41, 5.74) is 8.61. The molecule has 1 fully saturated rings. The van der Waals surface area contributed by atoms with Gasteiger partial charge in [0.2, 0.25) is 0 Å². The zero-order chi connectivity index (χ0) is 12.3. The molecule has 1 aromatic carbocycles. The van der Waals surface area contributed by atoms with E-state index < -0.39 is 11.6 Å². The Hall–Kier alpha value is -1.07. The second-order valence-corrected chi connectivity index (χ2v) is 4.88. The number of ether oxygens (including phenoxy) is 1. The Labute approximate surface area is 107 Å². The van der Waals surface area contributed by atoms with E-state index in [2.05, 4.69) is 26.0 Å². The van der Waals surface area contributed by atoms with Crippen LogP contribution in [0.5, 0.6) is 0 Å². The molecule has 0 spiro atoms. The van der Waals surface area contributed by atoms with E-state index in [9.17, 15) is 5.11 Å². The number of hydrogen-bond acceptors (Lipinski definition) is 3. The zero-order valence-corrected chi connectivity index (χ0v) is 10.7. The maximum atomic E-state index is 10.1. The highest BCUT2D eigenvalue weighted by Gasteiger charge is 2.41. The van der Waals surface area contributed by atoms with Gasteiger partial charge in [-0.3, -0.25) is 0 Å². The number of aliphatic hydroxyl groups is 1. The van der Waals surface area contributed by atoms with Gasteiger partial charge >= 0.3 is 0 Å². The molecular formula is C11H12BrN3O2. The smallest absolute Gasteiger partial charge is 0.104 e. The van der Waals surface area contributed by atoms with Crippen LogP contribution in [0.15, 0.2) is 33.9 Å². The largest absolute Gasteiger partial charge is 0.390 e. The molecule has 5 nitrogen and oxygen atoms in total. The van der Waals surface area contributed by atoms with Gasteiger partial charge in [-0.25, -0.2) is 0 Å². The van der Waals surface area contributed by atoms with Crippen LogP contribution in [0.1, 0.15) is 12.0 Å². The topological polar surface area (TPSA) is 78.2 Å². The van der Waals surface area contributed by atoms with Crippen LogP contribution in [-0.2, 0) is 10.3 Å². The summed E-state index contributed by atoms with van der Waals surface area (Å²) in [6.45, 7) is 0.661. The van der Waals surface area contributed by atoms with Crippen LogP contribution in [0.2, 0.25) is 0 Å². The minimum Gasteiger partial charge on any atom is -0.390 e. The summed E-state index contributed by atoms with van der Waals surface area (Å²) in [7, 11) is 0. The number of benzene rings is 1. The molecule has 0 aliphatic carbocycles. The second-order valence-electron chi connectivity index (χ2n) is 3.96. The van der Waals surface area contributed by atoms with Crippen molar-refractivity contribution < 1.29 is 9.84 Å². The van der Waals surface area contributed by atoms with Crippen molar-refractivity contribution in [2.24, 2.45) is 5.11 Å². The molecule has 1 aromatic rings. The standard InChI is InChI=1S/C11H12BrN3O2/c12-9-3-1-2-8(6-9)11(14-15-13)4-5-17-7-10(11)16/h1-3,6,10,16H,4-5,7H2/t10-,11?/m0/s1. The van der Waals surface area contributed by atoms with Gasteiger partial charge in [0.15, 0.2) is 0 Å². The van der Waals surface area contributed by atoms with Gasteiger partial charge in [-0.1, -0.05) is 33.2 Å².